The van der Waals surface area contributed by atoms with Crippen molar-refractivity contribution in [1.29, 1.82) is 0 Å². The molecule has 15 heavy (non-hydrogen) atoms. The molecule has 0 aliphatic rings. The van der Waals surface area contributed by atoms with Gasteiger partial charge in [-0.1, -0.05) is 30.7 Å². The van der Waals surface area contributed by atoms with E-state index in [1.165, 1.54) is 11.1 Å². The first kappa shape index (κ1) is 10.5. The first-order chi connectivity index (χ1) is 7.20. The number of aromatic amines is 1. The maximum atomic E-state index is 6.08. The van der Waals surface area contributed by atoms with Crippen LogP contribution >= 0.6 is 11.6 Å². The van der Waals surface area contributed by atoms with Gasteiger partial charge in [-0.3, -0.25) is 0 Å². The van der Waals surface area contributed by atoms with Crippen LogP contribution in [0.25, 0.3) is 10.9 Å². The fraction of sp³-hybridized carbons (Fsp3) is 0.333. The third-order valence-corrected chi connectivity index (χ3v) is 2.95. The maximum absolute atomic E-state index is 6.08. The predicted octanol–water partition coefficient (Wildman–Crippen LogP) is 2.96. The number of nitrogens with two attached hydrogens (primary N) is 1. The Morgan fingerprint density at radius 2 is 2.27 bits per heavy atom. The minimum Gasteiger partial charge on any atom is -0.357 e. The summed E-state index contributed by atoms with van der Waals surface area (Å²) in [5, 5.41) is 1.95. The van der Waals surface area contributed by atoms with Gasteiger partial charge < -0.3 is 10.7 Å². The van der Waals surface area contributed by atoms with Crippen molar-refractivity contribution < 1.29 is 0 Å². The smallest absolute Gasteiger partial charge is 0.0647 e. The first-order valence-corrected chi connectivity index (χ1v) is 5.54. The monoisotopic (exact) mass is 222 g/mol. The number of hydrogen-bond acceptors (Lipinski definition) is 1. The van der Waals surface area contributed by atoms with Crippen molar-refractivity contribution in [3.63, 3.8) is 0 Å². The van der Waals surface area contributed by atoms with Gasteiger partial charge in [0.15, 0.2) is 0 Å². The molecule has 2 nitrogen and oxygen atoms in total. The van der Waals surface area contributed by atoms with Crippen LogP contribution in [0.15, 0.2) is 24.3 Å². The minimum atomic E-state index is 0.497. The SMILES string of the molecule is CC(CN)Cc1cc2cccc(Cl)c2[nH]1. The fourth-order valence-corrected chi connectivity index (χ4v) is 1.98. The van der Waals surface area contributed by atoms with E-state index in [1.807, 2.05) is 12.1 Å². The van der Waals surface area contributed by atoms with Crippen LogP contribution in [-0.2, 0) is 6.42 Å². The quantitative estimate of drug-likeness (QED) is 0.824. The highest BCUT2D eigenvalue weighted by molar-refractivity contribution is 6.35. The third kappa shape index (κ3) is 2.16. The van der Waals surface area contributed by atoms with Crippen LogP contribution in [0.3, 0.4) is 0 Å². The molecule has 0 amide bonds. The zero-order valence-corrected chi connectivity index (χ0v) is 9.51. The van der Waals surface area contributed by atoms with Gasteiger partial charge >= 0.3 is 0 Å². The van der Waals surface area contributed by atoms with Crippen molar-refractivity contribution in [2.24, 2.45) is 11.7 Å². The normalized spacial score (nSPS) is 13.3. The molecule has 0 saturated heterocycles. The molecule has 0 aliphatic carbocycles. The number of H-pyrrole nitrogens is 1. The van der Waals surface area contributed by atoms with E-state index in [1.54, 1.807) is 0 Å². The van der Waals surface area contributed by atoms with Crippen LogP contribution in [0, 0.1) is 5.92 Å². The van der Waals surface area contributed by atoms with E-state index in [0.717, 1.165) is 17.0 Å². The fourth-order valence-electron chi connectivity index (χ4n) is 1.75. The van der Waals surface area contributed by atoms with Crippen LogP contribution in [0.2, 0.25) is 5.02 Å². The molecule has 2 rings (SSSR count). The average Bonchev–Trinajstić information content (AvgIpc) is 2.62. The second kappa shape index (κ2) is 4.25. The molecule has 3 heteroatoms. The van der Waals surface area contributed by atoms with Gasteiger partial charge in [-0.05, 0) is 31.0 Å². The lowest BCUT2D eigenvalue weighted by Gasteiger charge is -2.05. The lowest BCUT2D eigenvalue weighted by Crippen LogP contribution is -2.13. The van der Waals surface area contributed by atoms with E-state index in [-0.39, 0.29) is 0 Å². The number of aromatic nitrogens is 1. The maximum Gasteiger partial charge on any atom is 0.0647 e. The van der Waals surface area contributed by atoms with Gasteiger partial charge in [-0.15, -0.1) is 0 Å². The molecule has 1 aromatic carbocycles. The first-order valence-electron chi connectivity index (χ1n) is 5.17. The lowest BCUT2D eigenvalue weighted by molar-refractivity contribution is 0.586. The zero-order chi connectivity index (χ0) is 10.8. The van der Waals surface area contributed by atoms with E-state index in [0.29, 0.717) is 12.5 Å². The zero-order valence-electron chi connectivity index (χ0n) is 8.76. The van der Waals surface area contributed by atoms with Crippen LogP contribution < -0.4 is 5.73 Å². The Bertz CT molecular complexity index is 462. The highest BCUT2D eigenvalue weighted by Crippen LogP contribution is 2.24. The van der Waals surface area contributed by atoms with E-state index < -0.39 is 0 Å². The van der Waals surface area contributed by atoms with Crippen molar-refractivity contribution in [2.75, 3.05) is 6.54 Å². The van der Waals surface area contributed by atoms with Gasteiger partial charge in [0.2, 0.25) is 0 Å². The summed E-state index contributed by atoms with van der Waals surface area (Å²) in [4.78, 5) is 3.34. The Balaban J connectivity index is 2.35. The van der Waals surface area contributed by atoms with E-state index >= 15 is 0 Å². The van der Waals surface area contributed by atoms with Crippen molar-refractivity contribution in [3.05, 3.63) is 35.0 Å². The summed E-state index contributed by atoms with van der Waals surface area (Å²) in [7, 11) is 0. The number of rotatable bonds is 3. The molecule has 1 unspecified atom stereocenters. The van der Waals surface area contributed by atoms with Crippen LogP contribution in [0.4, 0.5) is 0 Å². The summed E-state index contributed by atoms with van der Waals surface area (Å²) in [6, 6.07) is 8.08. The second-order valence-electron chi connectivity index (χ2n) is 4.04. The van der Waals surface area contributed by atoms with Gasteiger partial charge in [0.1, 0.15) is 0 Å². The third-order valence-electron chi connectivity index (χ3n) is 2.63. The van der Waals surface area contributed by atoms with Gasteiger partial charge in [-0.2, -0.15) is 0 Å². The van der Waals surface area contributed by atoms with Crippen LogP contribution in [-0.4, -0.2) is 11.5 Å². The van der Waals surface area contributed by atoms with Gasteiger partial charge in [-0.25, -0.2) is 0 Å². The molecule has 0 spiro atoms. The Morgan fingerprint density at radius 3 is 2.93 bits per heavy atom. The van der Waals surface area contributed by atoms with Gasteiger partial charge in [0.25, 0.3) is 0 Å². The number of halogens is 1. The molecule has 0 saturated carbocycles. The van der Waals surface area contributed by atoms with Crippen LogP contribution in [0.5, 0.6) is 0 Å². The second-order valence-corrected chi connectivity index (χ2v) is 4.45. The largest absolute Gasteiger partial charge is 0.357 e. The molecule has 0 bridgehead atoms. The van der Waals surface area contributed by atoms with Gasteiger partial charge in [0.05, 0.1) is 10.5 Å². The molecule has 3 N–H and O–H groups in total. The summed E-state index contributed by atoms with van der Waals surface area (Å²) >= 11 is 6.08. The average molecular weight is 223 g/mol. The van der Waals surface area contributed by atoms with Crippen molar-refractivity contribution >= 4 is 22.5 Å². The Labute approximate surface area is 94.4 Å². The Morgan fingerprint density at radius 1 is 1.47 bits per heavy atom. The summed E-state index contributed by atoms with van der Waals surface area (Å²) in [6.07, 6.45) is 0.974. The molecule has 80 valence electrons. The Kier molecular flexibility index (Phi) is 2.98. The van der Waals surface area contributed by atoms with Crippen molar-refractivity contribution in [2.45, 2.75) is 13.3 Å². The summed E-state index contributed by atoms with van der Waals surface area (Å²) in [5.41, 5.74) is 7.84. The molecule has 0 fully saturated rings. The highest BCUT2D eigenvalue weighted by atomic mass is 35.5. The standard InChI is InChI=1S/C12H15ClN2/c1-8(7-14)5-10-6-9-3-2-4-11(13)12(9)15-10/h2-4,6,8,15H,5,7,14H2,1H3. The number of hydrogen-bond donors (Lipinski definition) is 2. The summed E-state index contributed by atoms with van der Waals surface area (Å²) < 4.78 is 0. The molecule has 0 aliphatic heterocycles. The van der Waals surface area contributed by atoms with Crippen molar-refractivity contribution in [1.82, 2.24) is 4.98 Å². The lowest BCUT2D eigenvalue weighted by atomic mass is 10.1. The number of benzene rings is 1. The molecule has 1 atom stereocenters. The molecular formula is C12H15ClN2. The Hall–Kier alpha value is -0.990. The molecule has 1 heterocycles. The van der Waals surface area contributed by atoms with Crippen LogP contribution in [0.1, 0.15) is 12.6 Å². The topological polar surface area (TPSA) is 41.8 Å². The van der Waals surface area contributed by atoms with Gasteiger partial charge in [0, 0.05) is 11.1 Å². The predicted molar refractivity (Wildman–Crippen MR) is 65.2 cm³/mol. The van der Waals surface area contributed by atoms with E-state index in [2.05, 4.69) is 24.0 Å². The molecule has 2 aromatic rings. The molecule has 1 aromatic heterocycles. The number of para-hydroxylation sites is 1. The van der Waals surface area contributed by atoms with E-state index in [4.69, 9.17) is 17.3 Å². The summed E-state index contributed by atoms with van der Waals surface area (Å²) in [5.74, 6) is 0.497. The number of nitrogens with one attached hydrogen (secondary N) is 1. The molecule has 0 radical (unpaired) electrons. The minimum absolute atomic E-state index is 0.497. The summed E-state index contributed by atoms with van der Waals surface area (Å²) in [6.45, 7) is 2.86. The number of fused-ring (bicyclic) bond motifs is 1. The van der Waals surface area contributed by atoms with Crippen molar-refractivity contribution in [3.8, 4) is 0 Å². The molecular weight excluding hydrogens is 208 g/mol. The highest BCUT2D eigenvalue weighted by Gasteiger charge is 2.06. The van der Waals surface area contributed by atoms with E-state index in [9.17, 15) is 0 Å².